The largest absolute Gasteiger partial charge is 0.376 e. The van der Waals surface area contributed by atoms with Gasteiger partial charge in [-0.15, -0.1) is 0 Å². The van der Waals surface area contributed by atoms with Crippen LogP contribution in [0.2, 0.25) is 0 Å². The van der Waals surface area contributed by atoms with Crippen molar-refractivity contribution in [2.24, 2.45) is 0 Å². The topological polar surface area (TPSA) is 67.2 Å². The summed E-state index contributed by atoms with van der Waals surface area (Å²) < 4.78 is 7.72. The van der Waals surface area contributed by atoms with Gasteiger partial charge in [0.25, 0.3) is 11.5 Å². The number of fused-ring (bicyclic) bond motifs is 1. The fourth-order valence-corrected chi connectivity index (χ4v) is 6.17. The maximum Gasteiger partial charge on any atom is 0.267 e. The summed E-state index contributed by atoms with van der Waals surface area (Å²) in [6.45, 7) is 2.83. The number of aromatic nitrogens is 2. The zero-order valence-electron chi connectivity index (χ0n) is 16.9. The molecule has 0 spiro atoms. The fourth-order valence-electron chi connectivity index (χ4n) is 4.01. The number of ether oxygens (including phenoxy) is 1. The summed E-state index contributed by atoms with van der Waals surface area (Å²) in [7, 11) is 0. The average Bonchev–Trinajstić information content (AvgIpc) is 3.40. The molecule has 1 amide bonds. The van der Waals surface area contributed by atoms with E-state index in [4.69, 9.17) is 21.9 Å². The van der Waals surface area contributed by atoms with Gasteiger partial charge >= 0.3 is 0 Å². The van der Waals surface area contributed by atoms with Crippen LogP contribution in [0, 0.1) is 0 Å². The summed E-state index contributed by atoms with van der Waals surface area (Å²) in [6.07, 6.45) is 5.35. The van der Waals surface area contributed by atoms with Crippen molar-refractivity contribution in [3.05, 3.63) is 45.2 Å². The first-order valence-electron chi connectivity index (χ1n) is 10.3. The molecule has 31 heavy (non-hydrogen) atoms. The van der Waals surface area contributed by atoms with Gasteiger partial charge in [0, 0.05) is 37.4 Å². The number of thiocarbonyl (C=S) groups is 1. The van der Waals surface area contributed by atoms with Crippen LogP contribution >= 0.6 is 35.7 Å². The van der Waals surface area contributed by atoms with E-state index in [-0.39, 0.29) is 17.6 Å². The van der Waals surface area contributed by atoms with E-state index < -0.39 is 0 Å². The summed E-state index contributed by atoms with van der Waals surface area (Å²) in [5, 5.41) is 0. The van der Waals surface area contributed by atoms with Crippen LogP contribution in [0.4, 0.5) is 5.82 Å². The Bertz CT molecular complexity index is 1120. The molecule has 1 unspecified atom stereocenters. The molecule has 2 aromatic heterocycles. The summed E-state index contributed by atoms with van der Waals surface area (Å²) in [4.78, 5) is 35.5. The van der Waals surface area contributed by atoms with Crippen LogP contribution < -0.4 is 10.5 Å². The van der Waals surface area contributed by atoms with Gasteiger partial charge in [-0.2, -0.15) is 11.8 Å². The van der Waals surface area contributed by atoms with Crippen molar-refractivity contribution in [2.75, 3.05) is 42.6 Å². The van der Waals surface area contributed by atoms with Crippen LogP contribution in [0.5, 0.6) is 0 Å². The first-order valence-corrected chi connectivity index (χ1v) is 12.7. The highest BCUT2D eigenvalue weighted by Gasteiger charge is 2.35. The quantitative estimate of drug-likeness (QED) is 0.495. The maximum atomic E-state index is 13.4. The minimum absolute atomic E-state index is 0.0243. The Kier molecular flexibility index (Phi) is 6.05. The molecule has 2 aromatic rings. The van der Waals surface area contributed by atoms with E-state index in [0.717, 1.165) is 44.0 Å². The lowest BCUT2D eigenvalue weighted by Gasteiger charge is -2.28. The van der Waals surface area contributed by atoms with Crippen molar-refractivity contribution in [1.29, 1.82) is 0 Å². The third kappa shape index (κ3) is 4.13. The van der Waals surface area contributed by atoms with Crippen LogP contribution in [-0.4, -0.2) is 68.4 Å². The molecule has 5 heterocycles. The maximum absolute atomic E-state index is 13.4. The molecule has 162 valence electrons. The lowest BCUT2D eigenvalue weighted by atomic mass is 10.2. The van der Waals surface area contributed by atoms with E-state index in [1.807, 2.05) is 23.9 Å². The summed E-state index contributed by atoms with van der Waals surface area (Å²) in [5.41, 5.74) is 0.861. The highest BCUT2D eigenvalue weighted by atomic mass is 32.2. The van der Waals surface area contributed by atoms with Crippen LogP contribution in [0.25, 0.3) is 11.7 Å². The van der Waals surface area contributed by atoms with E-state index >= 15 is 0 Å². The normalized spacial score (nSPS) is 23.5. The number of rotatable bonds is 4. The lowest BCUT2D eigenvalue weighted by molar-refractivity contribution is -0.123. The predicted octanol–water partition coefficient (Wildman–Crippen LogP) is 2.63. The molecule has 0 aliphatic carbocycles. The van der Waals surface area contributed by atoms with Crippen molar-refractivity contribution in [2.45, 2.75) is 18.9 Å². The van der Waals surface area contributed by atoms with Crippen molar-refractivity contribution < 1.29 is 9.53 Å². The predicted molar refractivity (Wildman–Crippen MR) is 130 cm³/mol. The molecule has 3 aliphatic rings. The van der Waals surface area contributed by atoms with E-state index in [2.05, 4.69) is 4.90 Å². The number of amides is 1. The second kappa shape index (κ2) is 8.93. The monoisotopic (exact) mass is 474 g/mol. The van der Waals surface area contributed by atoms with E-state index in [1.54, 1.807) is 23.2 Å². The number of thioether (sulfide) groups is 2. The highest BCUT2D eigenvalue weighted by molar-refractivity contribution is 8.26. The smallest absolute Gasteiger partial charge is 0.267 e. The number of carbonyl (C=O) groups excluding carboxylic acids is 1. The number of anilines is 1. The molecule has 3 aliphatic heterocycles. The number of carbonyl (C=O) groups is 1. The highest BCUT2D eigenvalue weighted by Crippen LogP contribution is 2.34. The standard InChI is InChI=1S/C21H22N4O3S3/c26-19-15(12-16-20(27)25(21(29)31-16)13-14-4-3-9-28-14)18(23-7-10-30-11-8-23)22-17-5-1-2-6-24(17)19/h1-2,5-6,12,14H,3-4,7-11,13H2/b16-12-. The van der Waals surface area contributed by atoms with Gasteiger partial charge in [-0.1, -0.05) is 30.0 Å². The molecule has 0 radical (unpaired) electrons. The van der Waals surface area contributed by atoms with Gasteiger partial charge in [0.15, 0.2) is 0 Å². The Morgan fingerprint density at radius 2 is 2.10 bits per heavy atom. The van der Waals surface area contributed by atoms with Crippen LogP contribution in [0.15, 0.2) is 34.1 Å². The Balaban J connectivity index is 1.55. The van der Waals surface area contributed by atoms with Crippen molar-refractivity contribution in [3.63, 3.8) is 0 Å². The minimum Gasteiger partial charge on any atom is -0.376 e. The second-order valence-electron chi connectivity index (χ2n) is 7.61. The third-order valence-electron chi connectivity index (χ3n) is 5.62. The van der Waals surface area contributed by atoms with Gasteiger partial charge in [0.05, 0.1) is 23.1 Å². The van der Waals surface area contributed by atoms with Crippen molar-refractivity contribution >= 4 is 63.5 Å². The zero-order valence-corrected chi connectivity index (χ0v) is 19.3. The molecule has 3 saturated heterocycles. The Morgan fingerprint density at radius 3 is 2.87 bits per heavy atom. The van der Waals surface area contributed by atoms with Gasteiger partial charge in [-0.05, 0) is 31.1 Å². The molecular weight excluding hydrogens is 452 g/mol. The molecule has 5 rings (SSSR count). The second-order valence-corrected chi connectivity index (χ2v) is 10.5. The van der Waals surface area contributed by atoms with Crippen LogP contribution in [0.1, 0.15) is 18.4 Å². The minimum atomic E-state index is -0.178. The number of pyridine rings is 1. The summed E-state index contributed by atoms with van der Waals surface area (Å²) in [6, 6.07) is 5.50. The van der Waals surface area contributed by atoms with Gasteiger partial charge in [0.2, 0.25) is 0 Å². The molecule has 0 saturated carbocycles. The number of hydrogen-bond acceptors (Lipinski definition) is 8. The molecule has 0 bridgehead atoms. The Morgan fingerprint density at radius 1 is 1.26 bits per heavy atom. The molecule has 0 N–H and O–H groups in total. The molecule has 7 nitrogen and oxygen atoms in total. The Hall–Kier alpha value is -1.88. The zero-order chi connectivity index (χ0) is 21.4. The van der Waals surface area contributed by atoms with Crippen LogP contribution in [0.3, 0.4) is 0 Å². The molecular formula is C21H22N4O3S3. The molecule has 1 atom stereocenters. The SMILES string of the molecule is O=C1/C(=C/c2c(N3CCSCC3)nc3ccccn3c2=O)SC(=S)N1CC1CCCO1. The van der Waals surface area contributed by atoms with E-state index in [0.29, 0.717) is 32.8 Å². The van der Waals surface area contributed by atoms with Gasteiger partial charge < -0.3 is 9.64 Å². The summed E-state index contributed by atoms with van der Waals surface area (Å²) in [5.74, 6) is 2.45. The van der Waals surface area contributed by atoms with Crippen molar-refractivity contribution in [1.82, 2.24) is 14.3 Å². The fraction of sp³-hybridized carbons (Fsp3) is 0.429. The lowest BCUT2D eigenvalue weighted by Crippen LogP contribution is -2.36. The van der Waals surface area contributed by atoms with Crippen molar-refractivity contribution in [3.8, 4) is 0 Å². The number of hydrogen-bond donors (Lipinski definition) is 0. The van der Waals surface area contributed by atoms with E-state index in [9.17, 15) is 9.59 Å². The van der Waals surface area contributed by atoms with Crippen LogP contribution in [-0.2, 0) is 9.53 Å². The number of nitrogens with zero attached hydrogens (tertiary/aromatic N) is 4. The third-order valence-corrected chi connectivity index (χ3v) is 7.94. The Labute approximate surface area is 193 Å². The van der Waals surface area contributed by atoms with Gasteiger partial charge in [-0.25, -0.2) is 4.98 Å². The van der Waals surface area contributed by atoms with Gasteiger partial charge in [0.1, 0.15) is 15.8 Å². The average molecular weight is 475 g/mol. The summed E-state index contributed by atoms with van der Waals surface area (Å²) >= 11 is 8.61. The molecule has 3 fully saturated rings. The van der Waals surface area contributed by atoms with E-state index in [1.165, 1.54) is 16.2 Å². The van der Waals surface area contributed by atoms with Gasteiger partial charge in [-0.3, -0.25) is 18.9 Å². The first-order chi connectivity index (χ1) is 15.1. The molecule has 10 heteroatoms. The molecule has 0 aromatic carbocycles. The first kappa shape index (κ1) is 21.0.